The average molecular weight is 353 g/mol. The second-order valence-corrected chi connectivity index (χ2v) is 9.01. The van der Waals surface area contributed by atoms with E-state index in [-0.39, 0.29) is 5.91 Å². The molecule has 5 rings (SSSR count). The van der Waals surface area contributed by atoms with Gasteiger partial charge in [-0.3, -0.25) is 4.79 Å². The molecule has 2 atom stereocenters. The van der Waals surface area contributed by atoms with Crippen LogP contribution in [0.4, 0.5) is 5.69 Å². The highest BCUT2D eigenvalue weighted by Gasteiger charge is 2.44. The fraction of sp³-hybridized carbons (Fsp3) is 0.476. The number of hydrogen-bond acceptors (Lipinski definition) is 3. The van der Waals surface area contributed by atoms with Crippen LogP contribution < -0.4 is 4.90 Å². The highest BCUT2D eigenvalue weighted by Crippen LogP contribution is 2.46. The number of benzene rings is 1. The topological polar surface area (TPSA) is 23.6 Å². The number of thiophene rings is 1. The van der Waals surface area contributed by atoms with Gasteiger partial charge in [0.15, 0.2) is 0 Å². The number of likely N-dealkylation sites (tertiary alicyclic amines) is 1. The number of hydrogen-bond donors (Lipinski definition) is 0. The molecule has 3 nitrogen and oxygen atoms in total. The minimum absolute atomic E-state index is 0.224. The molecule has 3 heterocycles. The van der Waals surface area contributed by atoms with E-state index in [4.69, 9.17) is 0 Å². The summed E-state index contributed by atoms with van der Waals surface area (Å²) in [5, 5.41) is 0. The van der Waals surface area contributed by atoms with Crippen LogP contribution in [0.25, 0.3) is 0 Å². The van der Waals surface area contributed by atoms with Gasteiger partial charge in [0.2, 0.25) is 0 Å². The number of rotatable bonds is 1. The van der Waals surface area contributed by atoms with Gasteiger partial charge < -0.3 is 9.80 Å². The fourth-order valence-electron chi connectivity index (χ4n) is 4.90. The first-order valence-electron chi connectivity index (χ1n) is 9.36. The molecule has 0 spiro atoms. The van der Waals surface area contributed by atoms with Crippen molar-refractivity contribution in [3.05, 3.63) is 50.7 Å². The lowest BCUT2D eigenvalue weighted by Gasteiger charge is -2.36. The molecule has 1 fully saturated rings. The molecule has 2 aliphatic heterocycles. The Kier molecular flexibility index (Phi) is 3.54. The number of carbonyl (C=O) groups excluding carboxylic acids is 1. The maximum absolute atomic E-state index is 13.5. The molecule has 4 heteroatoms. The minimum atomic E-state index is 0.224. The third kappa shape index (κ3) is 2.38. The van der Waals surface area contributed by atoms with Crippen LogP contribution >= 0.6 is 11.3 Å². The Labute approximate surface area is 153 Å². The molecule has 0 radical (unpaired) electrons. The Bertz CT molecular complexity index is 834. The Morgan fingerprint density at radius 3 is 2.96 bits per heavy atom. The van der Waals surface area contributed by atoms with Gasteiger partial charge in [0.1, 0.15) is 0 Å². The quantitative estimate of drug-likeness (QED) is 0.775. The van der Waals surface area contributed by atoms with Gasteiger partial charge in [-0.05, 0) is 69.5 Å². The third-order valence-corrected chi connectivity index (χ3v) is 7.35. The highest BCUT2D eigenvalue weighted by atomic mass is 32.1. The van der Waals surface area contributed by atoms with Gasteiger partial charge in [-0.25, -0.2) is 0 Å². The van der Waals surface area contributed by atoms with Gasteiger partial charge in [-0.15, -0.1) is 11.3 Å². The maximum Gasteiger partial charge on any atom is 0.268 e. The van der Waals surface area contributed by atoms with Crippen molar-refractivity contribution >= 4 is 22.9 Å². The smallest absolute Gasteiger partial charge is 0.268 e. The first kappa shape index (κ1) is 15.6. The van der Waals surface area contributed by atoms with Gasteiger partial charge in [-0.1, -0.05) is 17.7 Å². The molecule has 2 aromatic rings. The normalized spacial score (nSPS) is 25.0. The van der Waals surface area contributed by atoms with Crippen LogP contribution in [0.1, 0.15) is 50.0 Å². The van der Waals surface area contributed by atoms with E-state index < -0.39 is 0 Å². The van der Waals surface area contributed by atoms with E-state index in [1.165, 1.54) is 28.0 Å². The summed E-state index contributed by atoms with van der Waals surface area (Å²) in [5.41, 5.74) is 5.22. The van der Waals surface area contributed by atoms with Crippen molar-refractivity contribution < 1.29 is 4.79 Å². The van der Waals surface area contributed by atoms with Crippen LogP contribution in [0, 0.1) is 6.92 Å². The number of anilines is 1. The van der Waals surface area contributed by atoms with Gasteiger partial charge in [-0.2, -0.15) is 0 Å². The number of amides is 1. The van der Waals surface area contributed by atoms with Gasteiger partial charge in [0.05, 0.1) is 4.88 Å². The van der Waals surface area contributed by atoms with E-state index in [1.807, 2.05) is 0 Å². The first-order chi connectivity index (χ1) is 12.1. The van der Waals surface area contributed by atoms with E-state index in [2.05, 4.69) is 48.0 Å². The molecule has 2 unspecified atom stereocenters. The summed E-state index contributed by atoms with van der Waals surface area (Å²) in [4.78, 5) is 20.4. The van der Waals surface area contributed by atoms with E-state index in [1.54, 1.807) is 11.3 Å². The number of nitrogens with zero attached hydrogens (tertiary/aromatic N) is 2. The van der Waals surface area contributed by atoms with Crippen LogP contribution in [-0.2, 0) is 12.8 Å². The van der Waals surface area contributed by atoms with Crippen molar-refractivity contribution in [1.29, 1.82) is 0 Å². The second-order valence-electron chi connectivity index (χ2n) is 7.87. The Morgan fingerprint density at radius 2 is 2.12 bits per heavy atom. The molecule has 3 aliphatic rings. The standard InChI is InChI=1S/C21H24N2OS/c1-13-6-7-17-15(10-13)16-12-22(2)9-8-18(16)23(17)21(24)20-11-14-4-3-5-19(14)25-20/h6-7,10-11,16,18H,3-5,8-9,12H2,1-2H3. The summed E-state index contributed by atoms with van der Waals surface area (Å²) in [6, 6.07) is 9.10. The van der Waals surface area contributed by atoms with Crippen LogP contribution in [0.5, 0.6) is 0 Å². The summed E-state index contributed by atoms with van der Waals surface area (Å²) in [6.45, 7) is 4.26. The van der Waals surface area contributed by atoms with Gasteiger partial charge in [0, 0.05) is 29.1 Å². The molecule has 0 saturated carbocycles. The SMILES string of the molecule is Cc1ccc2c(c1)C1CN(C)CCC1N2C(=O)c1cc2c(s1)CCC2. The van der Waals surface area contributed by atoms with Gasteiger partial charge in [0.25, 0.3) is 5.91 Å². The molecule has 0 N–H and O–H groups in total. The van der Waals surface area contributed by atoms with E-state index in [0.717, 1.165) is 42.9 Å². The molecule has 1 aromatic heterocycles. The lowest BCUT2D eigenvalue weighted by atomic mass is 9.89. The maximum atomic E-state index is 13.5. The van der Waals surface area contributed by atoms with Crippen molar-refractivity contribution in [3.8, 4) is 0 Å². The highest BCUT2D eigenvalue weighted by molar-refractivity contribution is 7.14. The number of carbonyl (C=O) groups is 1. The van der Waals surface area contributed by atoms with E-state index in [0.29, 0.717) is 12.0 Å². The van der Waals surface area contributed by atoms with Crippen LogP contribution in [0.2, 0.25) is 0 Å². The molecule has 0 bridgehead atoms. The molecular formula is C21H24N2OS. The van der Waals surface area contributed by atoms with Crippen LogP contribution in [-0.4, -0.2) is 37.0 Å². The lowest BCUT2D eigenvalue weighted by Crippen LogP contribution is -2.47. The van der Waals surface area contributed by atoms with E-state index >= 15 is 0 Å². The van der Waals surface area contributed by atoms with Crippen LogP contribution in [0.15, 0.2) is 24.3 Å². The summed E-state index contributed by atoms with van der Waals surface area (Å²) >= 11 is 1.73. The van der Waals surface area contributed by atoms with E-state index in [9.17, 15) is 4.79 Å². The summed E-state index contributed by atoms with van der Waals surface area (Å²) in [7, 11) is 2.19. The number of aryl methyl sites for hydroxylation is 3. The molecule has 1 amide bonds. The monoisotopic (exact) mass is 352 g/mol. The van der Waals surface area contributed by atoms with Crippen LogP contribution in [0.3, 0.4) is 0 Å². The van der Waals surface area contributed by atoms with Crippen molar-refractivity contribution in [2.24, 2.45) is 0 Å². The fourth-order valence-corrected chi connectivity index (χ4v) is 6.09. The number of fused-ring (bicyclic) bond motifs is 4. The zero-order chi connectivity index (χ0) is 17.1. The van der Waals surface area contributed by atoms with Crippen molar-refractivity contribution in [1.82, 2.24) is 4.90 Å². The predicted molar refractivity (Wildman–Crippen MR) is 103 cm³/mol. The molecule has 1 saturated heterocycles. The first-order valence-corrected chi connectivity index (χ1v) is 10.2. The largest absolute Gasteiger partial charge is 0.306 e. The predicted octanol–water partition coefficient (Wildman–Crippen LogP) is 3.99. The van der Waals surface area contributed by atoms with Crippen molar-refractivity contribution in [2.45, 2.75) is 44.6 Å². The Balaban J connectivity index is 1.56. The zero-order valence-corrected chi connectivity index (χ0v) is 15.7. The van der Waals surface area contributed by atoms with Crippen molar-refractivity contribution in [3.63, 3.8) is 0 Å². The Morgan fingerprint density at radius 1 is 1.24 bits per heavy atom. The zero-order valence-electron chi connectivity index (χ0n) is 14.9. The minimum Gasteiger partial charge on any atom is -0.306 e. The summed E-state index contributed by atoms with van der Waals surface area (Å²) in [6.07, 6.45) is 4.61. The summed E-state index contributed by atoms with van der Waals surface area (Å²) in [5.74, 6) is 0.672. The molecular weight excluding hydrogens is 328 g/mol. The third-order valence-electron chi connectivity index (χ3n) is 6.13. The lowest BCUT2D eigenvalue weighted by molar-refractivity contribution is 0.0968. The molecule has 1 aromatic carbocycles. The van der Waals surface area contributed by atoms with Gasteiger partial charge >= 0.3 is 0 Å². The van der Waals surface area contributed by atoms with Crippen molar-refractivity contribution in [2.75, 3.05) is 25.0 Å². The molecule has 1 aliphatic carbocycles. The second kappa shape index (κ2) is 5.68. The number of likely N-dealkylation sites (N-methyl/N-ethyl adjacent to an activating group) is 1. The molecule has 130 valence electrons. The molecule has 25 heavy (non-hydrogen) atoms. The average Bonchev–Trinajstić information content (AvgIpc) is 3.25. The Hall–Kier alpha value is -1.65. The summed E-state index contributed by atoms with van der Waals surface area (Å²) < 4.78 is 0. The number of piperidine rings is 1.